The molecule has 1 aromatic heterocycles. The van der Waals surface area contributed by atoms with Crippen LogP contribution in [-0.2, 0) is 18.4 Å². The molecule has 0 aliphatic rings. The zero-order chi connectivity index (χ0) is 17.9. The minimum Gasteiger partial charge on any atom is -0.478 e. The molecule has 0 saturated heterocycles. The van der Waals surface area contributed by atoms with Crippen molar-refractivity contribution >= 4 is 16.9 Å². The number of fused-ring (bicyclic) bond motifs is 1. The van der Waals surface area contributed by atoms with E-state index in [0.29, 0.717) is 25.1 Å². The van der Waals surface area contributed by atoms with Crippen molar-refractivity contribution in [3.8, 4) is 0 Å². The molecule has 0 fully saturated rings. The number of rotatable bonds is 7. The van der Waals surface area contributed by atoms with Gasteiger partial charge in [-0.15, -0.1) is 0 Å². The third-order valence-corrected chi connectivity index (χ3v) is 4.36. The largest absolute Gasteiger partial charge is 0.478 e. The minimum absolute atomic E-state index is 0.0836. The molecule has 4 N–H and O–H groups in total. The van der Waals surface area contributed by atoms with Gasteiger partial charge in [0.15, 0.2) is 0 Å². The molecule has 2 rings (SSSR count). The number of benzene rings is 1. The highest BCUT2D eigenvalue weighted by atomic mass is 16.4. The lowest BCUT2D eigenvalue weighted by Crippen LogP contribution is -2.13. The molecule has 1 aromatic carbocycles. The minimum atomic E-state index is -0.917. The van der Waals surface area contributed by atoms with Crippen LogP contribution in [0.15, 0.2) is 18.3 Å². The molecule has 0 unspecified atom stereocenters. The van der Waals surface area contributed by atoms with E-state index < -0.39 is 5.97 Å². The van der Waals surface area contributed by atoms with E-state index in [1.54, 1.807) is 6.07 Å². The number of nitrogens with two attached hydrogens (primary N) is 1. The Morgan fingerprint density at radius 1 is 1.25 bits per heavy atom. The van der Waals surface area contributed by atoms with E-state index in [4.69, 9.17) is 10.8 Å². The second-order valence-corrected chi connectivity index (χ2v) is 7.29. The van der Waals surface area contributed by atoms with Crippen LogP contribution in [-0.4, -0.2) is 33.9 Å². The van der Waals surface area contributed by atoms with Gasteiger partial charge in [-0.3, -0.25) is 0 Å². The molecule has 0 bridgehead atoms. The van der Waals surface area contributed by atoms with Gasteiger partial charge >= 0.3 is 5.97 Å². The summed E-state index contributed by atoms with van der Waals surface area (Å²) >= 11 is 0. The fourth-order valence-electron chi connectivity index (χ4n) is 3.02. The highest BCUT2D eigenvalue weighted by Gasteiger charge is 2.22. The molecule has 5 heteroatoms. The number of aryl methyl sites for hydroxylation is 2. The van der Waals surface area contributed by atoms with Crippen LogP contribution in [0.3, 0.4) is 0 Å². The molecule has 0 amide bonds. The maximum Gasteiger partial charge on any atom is 0.337 e. The van der Waals surface area contributed by atoms with Crippen molar-refractivity contribution in [1.29, 1.82) is 0 Å². The number of carboxylic acids is 1. The molecule has 24 heavy (non-hydrogen) atoms. The molecule has 2 aromatic rings. The summed E-state index contributed by atoms with van der Waals surface area (Å²) in [4.78, 5) is 11.9. The summed E-state index contributed by atoms with van der Waals surface area (Å²) in [6, 6.07) is 3.90. The maximum atomic E-state index is 11.9. The maximum absolute atomic E-state index is 11.9. The second-order valence-electron chi connectivity index (χ2n) is 7.29. The van der Waals surface area contributed by atoms with E-state index >= 15 is 0 Å². The predicted octanol–water partition coefficient (Wildman–Crippen LogP) is 2.91. The zero-order valence-corrected chi connectivity index (χ0v) is 14.8. The van der Waals surface area contributed by atoms with Gasteiger partial charge < -0.3 is 20.5 Å². The van der Waals surface area contributed by atoms with Crippen molar-refractivity contribution in [1.82, 2.24) is 4.57 Å². The number of aromatic nitrogens is 1. The van der Waals surface area contributed by atoms with E-state index in [1.165, 1.54) is 0 Å². The Hall–Kier alpha value is -1.85. The Balaban J connectivity index is 2.72. The van der Waals surface area contributed by atoms with Crippen LogP contribution in [0.25, 0.3) is 10.9 Å². The molecular weight excluding hydrogens is 304 g/mol. The van der Waals surface area contributed by atoms with Gasteiger partial charge in [0, 0.05) is 24.7 Å². The summed E-state index contributed by atoms with van der Waals surface area (Å²) in [7, 11) is 0. The van der Waals surface area contributed by atoms with Crippen molar-refractivity contribution in [2.75, 3.05) is 13.2 Å². The van der Waals surface area contributed by atoms with Gasteiger partial charge in [0.05, 0.1) is 11.1 Å². The van der Waals surface area contributed by atoms with Crippen molar-refractivity contribution in [3.05, 3.63) is 35.0 Å². The van der Waals surface area contributed by atoms with Crippen molar-refractivity contribution in [3.63, 3.8) is 0 Å². The number of aliphatic hydroxyl groups excluding tert-OH is 1. The number of aromatic carboxylic acids is 1. The Bertz CT molecular complexity index is 726. The number of hydrogen-bond acceptors (Lipinski definition) is 3. The predicted molar refractivity (Wildman–Crippen MR) is 96.7 cm³/mol. The first-order chi connectivity index (χ1) is 11.3. The van der Waals surface area contributed by atoms with E-state index in [-0.39, 0.29) is 12.0 Å². The Morgan fingerprint density at radius 3 is 2.50 bits per heavy atom. The van der Waals surface area contributed by atoms with Crippen molar-refractivity contribution in [2.24, 2.45) is 5.73 Å². The van der Waals surface area contributed by atoms with E-state index in [0.717, 1.165) is 34.9 Å². The van der Waals surface area contributed by atoms with Crippen molar-refractivity contribution < 1.29 is 15.0 Å². The van der Waals surface area contributed by atoms with E-state index in [1.807, 2.05) is 10.8 Å². The average molecular weight is 332 g/mol. The van der Waals surface area contributed by atoms with Crippen LogP contribution < -0.4 is 5.73 Å². The Morgan fingerprint density at radius 2 is 1.96 bits per heavy atom. The second kappa shape index (κ2) is 7.36. The Kier molecular flexibility index (Phi) is 5.67. The van der Waals surface area contributed by atoms with Gasteiger partial charge in [-0.2, -0.15) is 0 Å². The van der Waals surface area contributed by atoms with Crippen molar-refractivity contribution in [2.45, 2.75) is 52.0 Å². The first-order valence-corrected chi connectivity index (χ1v) is 8.50. The highest BCUT2D eigenvalue weighted by molar-refractivity contribution is 6.04. The zero-order valence-electron chi connectivity index (χ0n) is 14.8. The SMILES string of the molecule is CC(C)(C)c1cc(C(=O)O)c2c(c1)c(CCCN)cn2CCCO. The van der Waals surface area contributed by atoms with Crippen LogP contribution >= 0.6 is 0 Å². The molecule has 5 nitrogen and oxygen atoms in total. The van der Waals surface area contributed by atoms with Gasteiger partial charge in [-0.25, -0.2) is 4.79 Å². The lowest BCUT2D eigenvalue weighted by Gasteiger charge is -2.20. The number of hydrogen-bond donors (Lipinski definition) is 3. The number of carboxylic acid groups (broad SMARTS) is 1. The molecule has 132 valence electrons. The molecule has 0 spiro atoms. The average Bonchev–Trinajstić information content (AvgIpc) is 2.87. The fourth-order valence-corrected chi connectivity index (χ4v) is 3.02. The molecule has 0 radical (unpaired) electrons. The number of carbonyl (C=O) groups is 1. The van der Waals surface area contributed by atoms with Crippen LogP contribution in [0, 0.1) is 0 Å². The lowest BCUT2D eigenvalue weighted by molar-refractivity contribution is 0.0698. The van der Waals surface area contributed by atoms with Crippen LogP contribution in [0.2, 0.25) is 0 Å². The quantitative estimate of drug-likeness (QED) is 0.727. The smallest absolute Gasteiger partial charge is 0.337 e. The van der Waals surface area contributed by atoms with Gasteiger partial charge in [-0.1, -0.05) is 20.8 Å². The molecule has 1 heterocycles. The molecular formula is C19H28N2O3. The summed E-state index contributed by atoms with van der Waals surface area (Å²) in [6.45, 7) is 7.55. The molecule has 0 aliphatic carbocycles. The molecule has 0 saturated carbocycles. The normalized spacial score (nSPS) is 12.0. The third-order valence-electron chi connectivity index (χ3n) is 4.36. The van der Waals surface area contributed by atoms with E-state index in [2.05, 4.69) is 26.8 Å². The standard InChI is InChI=1S/C19H28N2O3/c1-19(2,3)14-10-15-13(6-4-7-20)12-21(8-5-9-22)17(15)16(11-14)18(23)24/h10-12,22H,4-9,20H2,1-3H3,(H,23,24). The van der Waals surface area contributed by atoms with E-state index in [9.17, 15) is 9.90 Å². The highest BCUT2D eigenvalue weighted by Crippen LogP contribution is 2.32. The van der Waals surface area contributed by atoms with Gasteiger partial charge in [0.2, 0.25) is 0 Å². The first kappa shape index (κ1) is 18.5. The monoisotopic (exact) mass is 332 g/mol. The number of nitrogens with zero attached hydrogens (tertiary/aromatic N) is 1. The summed E-state index contributed by atoms with van der Waals surface area (Å²) in [5.74, 6) is -0.917. The van der Waals surface area contributed by atoms with Crippen LogP contribution in [0.4, 0.5) is 0 Å². The summed E-state index contributed by atoms with van der Waals surface area (Å²) < 4.78 is 1.97. The number of aliphatic hydroxyl groups is 1. The third kappa shape index (κ3) is 3.79. The summed E-state index contributed by atoms with van der Waals surface area (Å²) in [5, 5.41) is 19.8. The van der Waals surface area contributed by atoms with Gasteiger partial charge in [-0.05, 0) is 54.5 Å². The van der Waals surface area contributed by atoms with Crippen LogP contribution in [0.1, 0.15) is 55.1 Å². The molecule has 0 atom stereocenters. The lowest BCUT2D eigenvalue weighted by atomic mass is 9.84. The van der Waals surface area contributed by atoms with Crippen LogP contribution in [0.5, 0.6) is 0 Å². The molecule has 0 aliphatic heterocycles. The summed E-state index contributed by atoms with van der Waals surface area (Å²) in [5.41, 5.74) is 8.74. The topological polar surface area (TPSA) is 88.5 Å². The fraction of sp³-hybridized carbons (Fsp3) is 0.526. The van der Waals surface area contributed by atoms with Gasteiger partial charge in [0.1, 0.15) is 0 Å². The Labute approximate surface area is 143 Å². The summed E-state index contributed by atoms with van der Waals surface area (Å²) in [6.07, 6.45) is 4.31. The van der Waals surface area contributed by atoms with Gasteiger partial charge in [0.25, 0.3) is 0 Å². The first-order valence-electron chi connectivity index (χ1n) is 8.50.